The number of amides is 1. The van der Waals surface area contributed by atoms with Crippen LogP contribution in [0.15, 0.2) is 24.3 Å². The molecule has 0 spiro atoms. The molecule has 0 fully saturated rings. The van der Waals surface area contributed by atoms with Crippen LogP contribution in [0.2, 0.25) is 0 Å². The molecule has 1 amide bonds. The highest BCUT2D eigenvalue weighted by Gasteiger charge is 2.24. The Morgan fingerprint density at radius 1 is 1.46 bits per heavy atom. The lowest BCUT2D eigenvalue weighted by Crippen LogP contribution is -2.37. The smallest absolute Gasteiger partial charge is 0.240 e. The fourth-order valence-corrected chi connectivity index (χ4v) is 3.39. The van der Waals surface area contributed by atoms with Crippen molar-refractivity contribution in [3.05, 3.63) is 34.8 Å². The molecule has 1 aliphatic rings. The van der Waals surface area contributed by atoms with E-state index in [-0.39, 0.29) is 18.6 Å². The highest BCUT2D eigenvalue weighted by molar-refractivity contribution is 7.15. The first kappa shape index (κ1) is 16.8. The number of methoxy groups -OCH3 is 1. The van der Waals surface area contributed by atoms with Crippen molar-refractivity contribution in [2.75, 3.05) is 32.6 Å². The molecule has 1 aromatic carbocycles. The van der Waals surface area contributed by atoms with Gasteiger partial charge in [-0.1, -0.05) is 29.5 Å². The molecule has 0 bridgehead atoms. The predicted molar refractivity (Wildman–Crippen MR) is 91.3 cm³/mol. The average Bonchev–Trinajstić information content (AvgIpc) is 3.13. The van der Waals surface area contributed by atoms with Crippen LogP contribution in [0.3, 0.4) is 0 Å². The number of hydrogen-bond donors (Lipinski definition) is 1. The number of para-hydroxylation sites is 1. The van der Waals surface area contributed by atoms with Gasteiger partial charge in [-0.3, -0.25) is 15.0 Å². The fraction of sp³-hybridized carbons (Fsp3) is 0.438. The molecule has 1 aromatic heterocycles. The Bertz CT molecular complexity index is 681. The van der Waals surface area contributed by atoms with Crippen molar-refractivity contribution in [2.45, 2.75) is 19.1 Å². The summed E-state index contributed by atoms with van der Waals surface area (Å²) in [6.07, 6.45) is 0.953. The maximum absolute atomic E-state index is 12.1. The first-order chi connectivity index (χ1) is 11.6. The van der Waals surface area contributed by atoms with Crippen molar-refractivity contribution >= 4 is 22.4 Å². The summed E-state index contributed by atoms with van der Waals surface area (Å²) in [5.41, 5.74) is 1.22. The molecule has 0 saturated heterocycles. The van der Waals surface area contributed by atoms with Gasteiger partial charge < -0.3 is 9.47 Å². The monoisotopic (exact) mass is 348 g/mol. The number of anilines is 1. The number of nitrogens with one attached hydrogen (secondary N) is 1. The third kappa shape index (κ3) is 4.28. The summed E-state index contributed by atoms with van der Waals surface area (Å²) in [6, 6.07) is 8.05. The fourth-order valence-electron chi connectivity index (χ4n) is 2.66. The number of aromatic nitrogens is 2. The van der Waals surface area contributed by atoms with E-state index in [0.717, 1.165) is 17.2 Å². The van der Waals surface area contributed by atoms with Crippen molar-refractivity contribution in [3.63, 3.8) is 0 Å². The molecule has 24 heavy (non-hydrogen) atoms. The normalized spacial score (nSPS) is 16.0. The molecule has 7 nitrogen and oxygen atoms in total. The zero-order valence-corrected chi connectivity index (χ0v) is 14.5. The number of benzene rings is 1. The van der Waals surface area contributed by atoms with Gasteiger partial charge in [-0.15, -0.1) is 10.2 Å². The first-order valence-corrected chi connectivity index (χ1v) is 8.50. The molecule has 128 valence electrons. The second kappa shape index (κ2) is 7.69. The van der Waals surface area contributed by atoms with Crippen LogP contribution in [0.5, 0.6) is 5.75 Å². The highest BCUT2D eigenvalue weighted by atomic mass is 32.1. The molecule has 1 atom stereocenters. The third-order valence-electron chi connectivity index (χ3n) is 3.62. The van der Waals surface area contributed by atoms with Crippen LogP contribution in [0.1, 0.15) is 10.6 Å². The molecule has 0 aliphatic carbocycles. The summed E-state index contributed by atoms with van der Waals surface area (Å²) < 4.78 is 10.9. The third-order valence-corrected chi connectivity index (χ3v) is 4.44. The van der Waals surface area contributed by atoms with Crippen molar-refractivity contribution in [1.82, 2.24) is 15.1 Å². The number of rotatable bonds is 7. The minimum absolute atomic E-state index is 0.0787. The summed E-state index contributed by atoms with van der Waals surface area (Å²) in [6.45, 7) is 1.36. The summed E-state index contributed by atoms with van der Waals surface area (Å²) >= 11 is 1.32. The van der Waals surface area contributed by atoms with Crippen LogP contribution in [0.4, 0.5) is 5.13 Å². The van der Waals surface area contributed by atoms with Crippen LogP contribution >= 0.6 is 11.3 Å². The lowest BCUT2D eigenvalue weighted by Gasteiger charge is -2.19. The standard InChI is InChI=1S/C16H20N4O3S/c1-20(8-12-7-11-5-3-4-6-13(11)23-12)9-14(21)17-16-19-18-15(24-16)10-22-2/h3-6,12H,7-10H2,1-2H3,(H,17,19,21). The quantitative estimate of drug-likeness (QED) is 0.818. The van der Waals surface area contributed by atoms with Gasteiger partial charge in [0.2, 0.25) is 11.0 Å². The first-order valence-electron chi connectivity index (χ1n) is 7.68. The van der Waals surface area contributed by atoms with Gasteiger partial charge in [0.25, 0.3) is 0 Å². The van der Waals surface area contributed by atoms with Gasteiger partial charge in [-0.25, -0.2) is 0 Å². The van der Waals surface area contributed by atoms with E-state index >= 15 is 0 Å². The van der Waals surface area contributed by atoms with E-state index in [9.17, 15) is 4.79 Å². The molecule has 0 saturated carbocycles. The van der Waals surface area contributed by atoms with Gasteiger partial charge in [0.15, 0.2) is 0 Å². The van der Waals surface area contributed by atoms with E-state index in [1.807, 2.05) is 30.1 Å². The largest absolute Gasteiger partial charge is 0.488 e. The minimum atomic E-state index is -0.117. The van der Waals surface area contributed by atoms with E-state index in [0.29, 0.717) is 18.3 Å². The Hall–Kier alpha value is -2.03. The van der Waals surface area contributed by atoms with Crippen molar-refractivity contribution < 1.29 is 14.3 Å². The Morgan fingerprint density at radius 2 is 2.29 bits per heavy atom. The molecule has 0 radical (unpaired) electrons. The number of carbonyl (C=O) groups is 1. The lowest BCUT2D eigenvalue weighted by atomic mass is 10.1. The van der Waals surface area contributed by atoms with Crippen LogP contribution in [0.25, 0.3) is 0 Å². The minimum Gasteiger partial charge on any atom is -0.488 e. The van der Waals surface area contributed by atoms with Gasteiger partial charge in [0.05, 0.1) is 6.54 Å². The van der Waals surface area contributed by atoms with Gasteiger partial charge in [0.1, 0.15) is 23.5 Å². The maximum atomic E-state index is 12.1. The summed E-state index contributed by atoms with van der Waals surface area (Å²) in [5, 5.41) is 11.9. The number of likely N-dealkylation sites (N-methyl/N-ethyl adjacent to an activating group) is 1. The van der Waals surface area contributed by atoms with E-state index in [1.54, 1.807) is 7.11 Å². The SMILES string of the molecule is COCc1nnc(NC(=O)CN(C)CC2Cc3ccccc3O2)s1. The Balaban J connectivity index is 1.45. The zero-order valence-electron chi connectivity index (χ0n) is 13.7. The maximum Gasteiger partial charge on any atom is 0.240 e. The number of carbonyl (C=O) groups excluding carboxylic acids is 1. The van der Waals surface area contributed by atoms with Crippen LogP contribution in [-0.4, -0.2) is 54.4 Å². The van der Waals surface area contributed by atoms with E-state index in [2.05, 4.69) is 21.6 Å². The van der Waals surface area contributed by atoms with E-state index in [4.69, 9.17) is 9.47 Å². The molecule has 1 aliphatic heterocycles. The average molecular weight is 348 g/mol. The van der Waals surface area contributed by atoms with Crippen molar-refractivity contribution in [1.29, 1.82) is 0 Å². The summed E-state index contributed by atoms with van der Waals surface area (Å²) in [4.78, 5) is 14.0. The predicted octanol–water partition coefficient (Wildman–Crippen LogP) is 1.56. The highest BCUT2D eigenvalue weighted by Crippen LogP contribution is 2.28. The summed E-state index contributed by atoms with van der Waals surface area (Å²) in [7, 11) is 3.50. The Kier molecular flexibility index (Phi) is 5.39. The zero-order chi connectivity index (χ0) is 16.9. The molecule has 2 aromatic rings. The molecule has 1 N–H and O–H groups in total. The Morgan fingerprint density at radius 3 is 3.08 bits per heavy atom. The van der Waals surface area contributed by atoms with Gasteiger partial charge >= 0.3 is 0 Å². The van der Waals surface area contributed by atoms with Gasteiger partial charge in [0, 0.05) is 20.1 Å². The number of hydrogen-bond acceptors (Lipinski definition) is 7. The van der Waals surface area contributed by atoms with Crippen molar-refractivity contribution in [2.24, 2.45) is 0 Å². The van der Waals surface area contributed by atoms with Gasteiger partial charge in [-0.05, 0) is 18.7 Å². The molecule has 2 heterocycles. The number of nitrogens with zero attached hydrogens (tertiary/aromatic N) is 3. The van der Waals surface area contributed by atoms with Crippen molar-refractivity contribution in [3.8, 4) is 5.75 Å². The number of fused-ring (bicyclic) bond motifs is 1. The number of ether oxygens (including phenoxy) is 2. The van der Waals surface area contributed by atoms with E-state index < -0.39 is 0 Å². The molecular formula is C16H20N4O3S. The molecule has 3 rings (SSSR count). The lowest BCUT2D eigenvalue weighted by molar-refractivity contribution is -0.117. The summed E-state index contributed by atoms with van der Waals surface area (Å²) in [5.74, 6) is 0.827. The topological polar surface area (TPSA) is 76.6 Å². The second-order valence-electron chi connectivity index (χ2n) is 5.73. The molecule has 1 unspecified atom stereocenters. The van der Waals surface area contributed by atoms with E-state index in [1.165, 1.54) is 16.9 Å². The van der Waals surface area contributed by atoms with Crippen LogP contribution in [0, 0.1) is 0 Å². The second-order valence-corrected chi connectivity index (χ2v) is 6.79. The van der Waals surface area contributed by atoms with Crippen LogP contribution < -0.4 is 10.1 Å². The molecular weight excluding hydrogens is 328 g/mol. The Labute approximate surface area is 144 Å². The molecule has 8 heteroatoms. The van der Waals surface area contributed by atoms with Gasteiger partial charge in [-0.2, -0.15) is 0 Å². The van der Waals surface area contributed by atoms with Crippen LogP contribution in [-0.2, 0) is 22.6 Å².